The Hall–Kier alpha value is -2.86. The van der Waals surface area contributed by atoms with Gasteiger partial charge >= 0.3 is 5.97 Å². The van der Waals surface area contributed by atoms with Crippen LogP contribution in [0.15, 0.2) is 48.5 Å². The number of esters is 1. The first-order chi connectivity index (χ1) is 13.9. The van der Waals surface area contributed by atoms with Crippen LogP contribution in [0.4, 0.5) is 5.69 Å². The molecule has 1 aliphatic rings. The Morgan fingerprint density at radius 3 is 2.69 bits per heavy atom. The summed E-state index contributed by atoms with van der Waals surface area (Å²) in [7, 11) is 0. The van der Waals surface area contributed by atoms with E-state index in [1.807, 2.05) is 37.3 Å². The van der Waals surface area contributed by atoms with Crippen molar-refractivity contribution in [2.24, 2.45) is 5.92 Å². The summed E-state index contributed by atoms with van der Waals surface area (Å²) in [5.74, 6) is -1.59. The monoisotopic (exact) mass is 414 g/mol. The Kier molecular flexibility index (Phi) is 6.88. The van der Waals surface area contributed by atoms with Crippen LogP contribution in [0.2, 0.25) is 5.02 Å². The number of nitrogens with zero attached hydrogens (tertiary/aromatic N) is 1. The largest absolute Gasteiger partial charge is 0.455 e. The molecule has 6 nitrogen and oxygen atoms in total. The number of halogens is 1. The molecule has 2 aromatic carbocycles. The fourth-order valence-electron chi connectivity index (χ4n) is 3.18. The second-order valence-corrected chi connectivity index (χ2v) is 7.50. The van der Waals surface area contributed by atoms with Crippen molar-refractivity contribution in [3.8, 4) is 0 Å². The molecule has 152 valence electrons. The van der Waals surface area contributed by atoms with Crippen LogP contribution in [0, 0.1) is 12.8 Å². The number of aryl methyl sites for hydroxylation is 1. The van der Waals surface area contributed by atoms with Crippen LogP contribution in [0.5, 0.6) is 0 Å². The molecule has 1 heterocycles. The van der Waals surface area contributed by atoms with Gasteiger partial charge in [-0.05, 0) is 36.6 Å². The third kappa shape index (κ3) is 5.81. The van der Waals surface area contributed by atoms with E-state index in [9.17, 15) is 14.4 Å². The van der Waals surface area contributed by atoms with Crippen molar-refractivity contribution in [3.05, 3.63) is 64.7 Å². The third-order valence-corrected chi connectivity index (χ3v) is 5.27. The number of carbonyl (C=O) groups is 3. The maximum absolute atomic E-state index is 12.3. The van der Waals surface area contributed by atoms with Crippen LogP contribution < -0.4 is 5.32 Å². The molecular weight excluding hydrogens is 392 g/mol. The second kappa shape index (κ2) is 9.56. The molecule has 0 aromatic heterocycles. The fraction of sp³-hybridized carbons (Fsp3) is 0.318. The number of likely N-dealkylation sites (tertiary alicyclic amines) is 1. The molecule has 1 N–H and O–H groups in total. The van der Waals surface area contributed by atoms with Gasteiger partial charge in [0, 0.05) is 30.2 Å². The number of anilines is 1. The fourth-order valence-corrected chi connectivity index (χ4v) is 3.36. The standard InChI is InChI=1S/C22H23ClN2O4/c1-15-7-8-18(12-19(15)23)24-20(26)14-29-22(28)17-11-21(27)25(13-17)10-9-16-5-3-2-4-6-16/h2-8,12,17H,9-11,13-14H2,1H3,(H,24,26)/t17-/m0/s1. The van der Waals surface area contributed by atoms with E-state index >= 15 is 0 Å². The molecule has 1 fully saturated rings. The van der Waals surface area contributed by atoms with Gasteiger partial charge in [-0.25, -0.2) is 0 Å². The Bertz CT molecular complexity index is 901. The SMILES string of the molecule is Cc1ccc(NC(=O)COC(=O)[C@H]2CC(=O)N(CCc3ccccc3)C2)cc1Cl. The van der Waals surface area contributed by atoms with Gasteiger partial charge in [0.1, 0.15) is 0 Å². The van der Waals surface area contributed by atoms with E-state index < -0.39 is 24.4 Å². The quantitative estimate of drug-likeness (QED) is 0.706. The van der Waals surface area contributed by atoms with Crippen molar-refractivity contribution in [1.82, 2.24) is 4.90 Å². The molecule has 2 aromatic rings. The molecule has 0 unspecified atom stereocenters. The topological polar surface area (TPSA) is 75.7 Å². The predicted octanol–water partition coefficient (Wildman–Crippen LogP) is 3.22. The highest BCUT2D eigenvalue weighted by atomic mass is 35.5. The number of rotatable bonds is 7. The molecule has 1 aliphatic heterocycles. The van der Waals surface area contributed by atoms with Gasteiger partial charge in [0.15, 0.2) is 6.61 Å². The van der Waals surface area contributed by atoms with Crippen molar-refractivity contribution >= 4 is 35.1 Å². The minimum Gasteiger partial charge on any atom is -0.455 e. The molecule has 0 aliphatic carbocycles. The highest BCUT2D eigenvalue weighted by Gasteiger charge is 2.35. The number of carbonyl (C=O) groups excluding carboxylic acids is 3. The van der Waals surface area contributed by atoms with E-state index in [1.165, 1.54) is 0 Å². The molecule has 0 spiro atoms. The molecular formula is C22H23ClN2O4. The zero-order chi connectivity index (χ0) is 20.8. The van der Waals surface area contributed by atoms with Crippen LogP contribution in [-0.4, -0.2) is 42.4 Å². The van der Waals surface area contributed by atoms with Gasteiger partial charge < -0.3 is 15.0 Å². The van der Waals surface area contributed by atoms with Crippen LogP contribution in [-0.2, 0) is 25.5 Å². The van der Waals surface area contributed by atoms with Crippen molar-refractivity contribution in [2.75, 3.05) is 25.0 Å². The Labute approximate surface area is 174 Å². The first kappa shape index (κ1) is 20.9. The zero-order valence-corrected chi connectivity index (χ0v) is 16.9. The Balaban J connectivity index is 1.43. The maximum Gasteiger partial charge on any atom is 0.311 e. The zero-order valence-electron chi connectivity index (χ0n) is 16.2. The van der Waals surface area contributed by atoms with Gasteiger partial charge in [-0.1, -0.05) is 48.0 Å². The summed E-state index contributed by atoms with van der Waals surface area (Å²) in [5, 5.41) is 3.18. The average Bonchev–Trinajstić information content (AvgIpc) is 3.09. The predicted molar refractivity (Wildman–Crippen MR) is 111 cm³/mol. The summed E-state index contributed by atoms with van der Waals surface area (Å²) in [5.41, 5.74) is 2.57. The summed E-state index contributed by atoms with van der Waals surface area (Å²) < 4.78 is 5.11. The second-order valence-electron chi connectivity index (χ2n) is 7.10. The van der Waals surface area contributed by atoms with E-state index in [2.05, 4.69) is 5.32 Å². The molecule has 0 bridgehead atoms. The number of hydrogen-bond acceptors (Lipinski definition) is 4. The van der Waals surface area contributed by atoms with Gasteiger partial charge in [0.2, 0.25) is 5.91 Å². The lowest BCUT2D eigenvalue weighted by Gasteiger charge is -2.16. The van der Waals surface area contributed by atoms with E-state index in [1.54, 1.807) is 23.1 Å². The smallest absolute Gasteiger partial charge is 0.311 e. The van der Waals surface area contributed by atoms with Gasteiger partial charge in [-0.15, -0.1) is 0 Å². The lowest BCUT2D eigenvalue weighted by atomic mass is 10.1. The van der Waals surface area contributed by atoms with Gasteiger partial charge in [-0.2, -0.15) is 0 Å². The summed E-state index contributed by atoms with van der Waals surface area (Å²) in [6.45, 7) is 2.34. The maximum atomic E-state index is 12.3. The van der Waals surface area contributed by atoms with Crippen molar-refractivity contribution < 1.29 is 19.1 Å². The molecule has 3 rings (SSSR count). The Morgan fingerprint density at radius 2 is 1.97 bits per heavy atom. The molecule has 7 heteroatoms. The normalized spacial score (nSPS) is 16.0. The first-order valence-corrected chi connectivity index (χ1v) is 9.84. The van der Waals surface area contributed by atoms with Gasteiger partial charge in [0.05, 0.1) is 5.92 Å². The van der Waals surface area contributed by atoms with Crippen molar-refractivity contribution in [2.45, 2.75) is 19.8 Å². The van der Waals surface area contributed by atoms with Crippen LogP contribution in [0.3, 0.4) is 0 Å². The Morgan fingerprint density at radius 1 is 1.21 bits per heavy atom. The number of ether oxygens (including phenoxy) is 1. The molecule has 0 saturated carbocycles. The average molecular weight is 415 g/mol. The highest BCUT2D eigenvalue weighted by Crippen LogP contribution is 2.21. The van der Waals surface area contributed by atoms with E-state index in [4.69, 9.17) is 16.3 Å². The number of amides is 2. The summed E-state index contributed by atoms with van der Waals surface area (Å²) >= 11 is 6.03. The lowest BCUT2D eigenvalue weighted by Crippen LogP contribution is -2.29. The summed E-state index contributed by atoms with van der Waals surface area (Å²) in [4.78, 5) is 38.1. The van der Waals surface area contributed by atoms with Gasteiger partial charge in [-0.3, -0.25) is 14.4 Å². The molecule has 1 saturated heterocycles. The number of nitrogens with one attached hydrogen (secondary N) is 1. The van der Waals surface area contributed by atoms with Crippen LogP contribution >= 0.6 is 11.6 Å². The number of hydrogen-bond donors (Lipinski definition) is 1. The summed E-state index contributed by atoms with van der Waals surface area (Å²) in [6.07, 6.45) is 0.846. The third-order valence-electron chi connectivity index (χ3n) is 4.86. The van der Waals surface area contributed by atoms with E-state index in [0.29, 0.717) is 23.8 Å². The minimum absolute atomic E-state index is 0.0679. The first-order valence-electron chi connectivity index (χ1n) is 9.46. The van der Waals surface area contributed by atoms with Crippen LogP contribution in [0.25, 0.3) is 0 Å². The lowest BCUT2D eigenvalue weighted by molar-refractivity contribution is -0.151. The summed E-state index contributed by atoms with van der Waals surface area (Å²) in [6, 6.07) is 15.0. The van der Waals surface area contributed by atoms with Crippen molar-refractivity contribution in [3.63, 3.8) is 0 Å². The molecule has 0 radical (unpaired) electrons. The minimum atomic E-state index is -0.542. The number of benzene rings is 2. The van der Waals surface area contributed by atoms with Gasteiger partial charge in [0.25, 0.3) is 5.91 Å². The molecule has 2 amide bonds. The van der Waals surface area contributed by atoms with Crippen LogP contribution in [0.1, 0.15) is 17.5 Å². The van der Waals surface area contributed by atoms with E-state index in [0.717, 1.165) is 17.5 Å². The van der Waals surface area contributed by atoms with E-state index in [-0.39, 0.29) is 12.3 Å². The molecule has 29 heavy (non-hydrogen) atoms. The molecule has 1 atom stereocenters. The van der Waals surface area contributed by atoms with Crippen molar-refractivity contribution in [1.29, 1.82) is 0 Å². The highest BCUT2D eigenvalue weighted by molar-refractivity contribution is 6.31.